The van der Waals surface area contributed by atoms with E-state index in [2.05, 4.69) is 25.8 Å². The number of rotatable bonds is 6. The van der Waals surface area contributed by atoms with Crippen LogP contribution in [0.25, 0.3) is 11.0 Å². The second-order valence-electron chi connectivity index (χ2n) is 10.0. The van der Waals surface area contributed by atoms with Gasteiger partial charge in [0.2, 0.25) is 5.95 Å². The molecule has 0 unspecified atom stereocenters. The maximum absolute atomic E-state index is 5.57. The lowest BCUT2D eigenvalue weighted by molar-refractivity contribution is 0.0372. The number of anilines is 2. The lowest BCUT2D eigenvalue weighted by atomic mass is 9.76. The zero-order valence-corrected chi connectivity index (χ0v) is 18.1. The van der Waals surface area contributed by atoms with Gasteiger partial charge in [0.05, 0.1) is 12.1 Å². The van der Waals surface area contributed by atoms with E-state index in [1.807, 2.05) is 13.3 Å². The van der Waals surface area contributed by atoms with E-state index in [0.29, 0.717) is 11.5 Å². The van der Waals surface area contributed by atoms with E-state index in [-0.39, 0.29) is 0 Å². The van der Waals surface area contributed by atoms with Crippen LogP contribution in [-0.2, 0) is 4.74 Å². The second-order valence-corrected chi connectivity index (χ2v) is 10.0. The van der Waals surface area contributed by atoms with Gasteiger partial charge in [0, 0.05) is 50.9 Å². The van der Waals surface area contributed by atoms with Gasteiger partial charge in [-0.25, -0.2) is 4.98 Å². The van der Waals surface area contributed by atoms with E-state index < -0.39 is 0 Å². The summed E-state index contributed by atoms with van der Waals surface area (Å²) < 4.78 is 5.57. The molecule has 0 amide bonds. The summed E-state index contributed by atoms with van der Waals surface area (Å²) in [6.45, 7) is 7.61. The molecule has 4 fully saturated rings. The highest BCUT2D eigenvalue weighted by atomic mass is 16.5. The van der Waals surface area contributed by atoms with Crippen LogP contribution in [-0.4, -0.2) is 78.9 Å². The predicted octanol–water partition coefficient (Wildman–Crippen LogP) is 2.89. The van der Waals surface area contributed by atoms with Crippen molar-refractivity contribution in [3.05, 3.63) is 12.3 Å². The first kappa shape index (κ1) is 18.9. The predicted molar refractivity (Wildman–Crippen MR) is 119 cm³/mol. The number of hydrogen-bond acceptors (Lipinski definition) is 6. The average Bonchev–Trinajstić information content (AvgIpc) is 3.47. The summed E-state index contributed by atoms with van der Waals surface area (Å²) in [7, 11) is 1.83. The topological polar surface area (TPSA) is 60.5 Å². The molecule has 0 atom stereocenters. The molecule has 0 aromatic carbocycles. The molecular weight excluding hydrogens is 376 g/mol. The third kappa shape index (κ3) is 3.17. The normalized spacial score (nSPS) is 25.2. The molecule has 4 aliphatic rings. The lowest BCUT2D eigenvalue weighted by Crippen LogP contribution is -2.61. The Morgan fingerprint density at radius 3 is 2.53 bits per heavy atom. The molecule has 5 heterocycles. The molecule has 7 nitrogen and oxygen atoms in total. The third-order valence-electron chi connectivity index (χ3n) is 7.86. The van der Waals surface area contributed by atoms with Crippen molar-refractivity contribution in [3.63, 3.8) is 0 Å². The van der Waals surface area contributed by atoms with Crippen molar-refractivity contribution in [2.24, 2.45) is 11.3 Å². The SMILES string of the molecule is COCC1(C2CC2)CN(c2nc(N3CC(N4CCCCCC4)C3)c3[nH]ccc3n2)C1. The van der Waals surface area contributed by atoms with E-state index in [9.17, 15) is 0 Å². The van der Waals surface area contributed by atoms with Gasteiger partial charge in [-0.05, 0) is 50.8 Å². The molecule has 2 aromatic heterocycles. The van der Waals surface area contributed by atoms with Gasteiger partial charge in [-0.15, -0.1) is 0 Å². The molecule has 3 aliphatic heterocycles. The molecular formula is C23H34N6O. The van der Waals surface area contributed by atoms with Crippen molar-refractivity contribution < 1.29 is 4.74 Å². The minimum Gasteiger partial charge on any atom is -0.384 e. The van der Waals surface area contributed by atoms with Crippen LogP contribution in [0.1, 0.15) is 38.5 Å². The molecule has 162 valence electrons. The Labute approximate surface area is 178 Å². The van der Waals surface area contributed by atoms with Crippen LogP contribution < -0.4 is 9.80 Å². The Bertz CT molecular complexity index is 888. The van der Waals surface area contributed by atoms with Crippen LogP contribution in [0.5, 0.6) is 0 Å². The molecule has 30 heavy (non-hydrogen) atoms. The Balaban J connectivity index is 1.19. The minimum atomic E-state index is 0.319. The molecule has 1 aliphatic carbocycles. The largest absolute Gasteiger partial charge is 0.384 e. The van der Waals surface area contributed by atoms with Crippen molar-refractivity contribution in [2.75, 3.05) is 62.8 Å². The molecule has 3 saturated heterocycles. The van der Waals surface area contributed by atoms with Gasteiger partial charge in [0.25, 0.3) is 0 Å². The molecule has 2 aromatic rings. The van der Waals surface area contributed by atoms with Crippen LogP contribution in [0.2, 0.25) is 0 Å². The molecule has 1 N–H and O–H groups in total. The van der Waals surface area contributed by atoms with Crippen LogP contribution in [0.15, 0.2) is 12.3 Å². The van der Waals surface area contributed by atoms with Gasteiger partial charge >= 0.3 is 0 Å². The summed E-state index contributed by atoms with van der Waals surface area (Å²) in [6, 6.07) is 2.76. The number of nitrogens with one attached hydrogen (secondary N) is 1. The standard InChI is InChI=1S/C23H34N6O/c1-30-16-23(17-6-7-17)14-29(15-23)22-25-19-8-9-24-20(19)21(26-22)28-12-18(13-28)27-10-4-2-3-5-11-27/h8-9,17-18,24H,2-7,10-16H2,1H3. The van der Waals surface area contributed by atoms with Crippen molar-refractivity contribution in [1.82, 2.24) is 19.9 Å². The maximum Gasteiger partial charge on any atom is 0.228 e. The number of hydrogen-bond donors (Lipinski definition) is 1. The van der Waals surface area contributed by atoms with Crippen molar-refractivity contribution in [1.29, 1.82) is 0 Å². The highest BCUT2D eigenvalue weighted by molar-refractivity contribution is 5.88. The summed E-state index contributed by atoms with van der Waals surface area (Å²) in [6.07, 6.45) is 10.2. The summed E-state index contributed by atoms with van der Waals surface area (Å²) in [5, 5.41) is 0. The smallest absolute Gasteiger partial charge is 0.228 e. The zero-order valence-electron chi connectivity index (χ0n) is 18.1. The zero-order chi connectivity index (χ0) is 20.1. The number of ether oxygens (including phenoxy) is 1. The van der Waals surface area contributed by atoms with Gasteiger partial charge in [-0.1, -0.05) is 12.8 Å². The number of aromatic amines is 1. The number of H-pyrrole nitrogens is 1. The Morgan fingerprint density at radius 1 is 1.07 bits per heavy atom. The summed E-state index contributed by atoms with van der Waals surface area (Å²) >= 11 is 0. The molecule has 0 spiro atoms. The van der Waals surface area contributed by atoms with Crippen molar-refractivity contribution in [3.8, 4) is 0 Å². The third-order valence-corrected chi connectivity index (χ3v) is 7.86. The quantitative estimate of drug-likeness (QED) is 0.790. The molecule has 0 radical (unpaired) electrons. The summed E-state index contributed by atoms with van der Waals surface area (Å²) in [5.74, 6) is 2.80. The number of nitrogens with zero attached hydrogens (tertiary/aromatic N) is 5. The van der Waals surface area contributed by atoms with Gasteiger partial charge < -0.3 is 19.5 Å². The lowest BCUT2D eigenvalue weighted by Gasteiger charge is -2.51. The fourth-order valence-electron chi connectivity index (χ4n) is 5.91. The first-order valence-electron chi connectivity index (χ1n) is 11.8. The molecule has 1 saturated carbocycles. The second kappa shape index (κ2) is 7.38. The first-order chi connectivity index (χ1) is 14.8. The molecule has 0 bridgehead atoms. The van der Waals surface area contributed by atoms with Gasteiger partial charge in [-0.2, -0.15) is 4.98 Å². The monoisotopic (exact) mass is 410 g/mol. The summed E-state index contributed by atoms with van der Waals surface area (Å²) in [4.78, 5) is 20.9. The Morgan fingerprint density at radius 2 is 1.83 bits per heavy atom. The van der Waals surface area contributed by atoms with E-state index >= 15 is 0 Å². The van der Waals surface area contributed by atoms with E-state index in [0.717, 1.165) is 61.5 Å². The molecule has 6 rings (SSSR count). The van der Waals surface area contributed by atoms with Crippen molar-refractivity contribution >= 4 is 22.8 Å². The fraction of sp³-hybridized carbons (Fsp3) is 0.739. The van der Waals surface area contributed by atoms with Crippen LogP contribution in [0.3, 0.4) is 0 Å². The van der Waals surface area contributed by atoms with Gasteiger partial charge in [0.1, 0.15) is 5.52 Å². The Kier molecular flexibility index (Phi) is 4.64. The average molecular weight is 411 g/mol. The summed E-state index contributed by atoms with van der Waals surface area (Å²) in [5.41, 5.74) is 2.43. The highest BCUT2D eigenvalue weighted by Gasteiger charge is 2.54. The Hall–Kier alpha value is -1.86. The van der Waals surface area contributed by atoms with E-state index in [4.69, 9.17) is 14.7 Å². The highest BCUT2D eigenvalue weighted by Crippen LogP contribution is 2.51. The van der Waals surface area contributed by atoms with Gasteiger partial charge in [-0.3, -0.25) is 4.90 Å². The van der Waals surface area contributed by atoms with Crippen LogP contribution >= 0.6 is 0 Å². The molecule has 7 heteroatoms. The number of aromatic nitrogens is 3. The van der Waals surface area contributed by atoms with Crippen molar-refractivity contribution in [2.45, 2.75) is 44.6 Å². The number of likely N-dealkylation sites (tertiary alicyclic amines) is 1. The number of methoxy groups -OCH3 is 1. The fourth-order valence-corrected chi connectivity index (χ4v) is 5.91. The minimum absolute atomic E-state index is 0.319. The van der Waals surface area contributed by atoms with Crippen LogP contribution in [0.4, 0.5) is 11.8 Å². The van der Waals surface area contributed by atoms with Gasteiger partial charge in [0.15, 0.2) is 5.82 Å². The maximum atomic E-state index is 5.57. The van der Waals surface area contributed by atoms with E-state index in [1.165, 1.54) is 51.6 Å². The van der Waals surface area contributed by atoms with E-state index in [1.54, 1.807) is 0 Å². The number of fused-ring (bicyclic) bond motifs is 1. The first-order valence-corrected chi connectivity index (χ1v) is 11.8. The van der Waals surface area contributed by atoms with Crippen LogP contribution in [0, 0.1) is 11.3 Å².